The summed E-state index contributed by atoms with van der Waals surface area (Å²) in [6, 6.07) is 11.1. The van der Waals surface area contributed by atoms with Crippen LogP contribution >= 0.6 is 0 Å². The van der Waals surface area contributed by atoms with Gasteiger partial charge in [0.25, 0.3) is 5.91 Å². The van der Waals surface area contributed by atoms with E-state index in [4.69, 9.17) is 21.9 Å². The molecule has 1 amide bonds. The summed E-state index contributed by atoms with van der Waals surface area (Å²) in [7, 11) is 2.44. The first-order valence-electron chi connectivity index (χ1n) is 14.3. The summed E-state index contributed by atoms with van der Waals surface area (Å²) in [5.41, 5.74) is 20.1. The minimum Gasteiger partial charge on any atom is -0.467 e. The molecule has 0 saturated heterocycles. The lowest BCUT2D eigenvalue weighted by atomic mass is 9.85. The number of hydrogen-bond acceptors (Lipinski definition) is 14. The molecule has 0 unspecified atom stereocenters. The van der Waals surface area contributed by atoms with Gasteiger partial charge in [-0.2, -0.15) is 9.97 Å². The summed E-state index contributed by atoms with van der Waals surface area (Å²) in [4.78, 5) is 69.6. The van der Waals surface area contributed by atoms with Gasteiger partial charge in [-0.3, -0.25) is 9.59 Å². The fraction of sp³-hybridized carbons (Fsp3) is 0.290. The maximum absolute atomic E-state index is 13.7. The molecule has 3 heterocycles. The van der Waals surface area contributed by atoms with Gasteiger partial charge in [0.05, 0.1) is 38.2 Å². The van der Waals surface area contributed by atoms with E-state index in [0.29, 0.717) is 47.5 Å². The van der Waals surface area contributed by atoms with E-state index in [1.165, 1.54) is 38.5 Å². The predicted octanol–water partition coefficient (Wildman–Crippen LogP) is 1.20. The lowest BCUT2D eigenvalue weighted by Gasteiger charge is -2.25. The highest BCUT2D eigenvalue weighted by molar-refractivity contribution is 6.16. The number of esters is 2. The van der Waals surface area contributed by atoms with Crippen LogP contribution in [-0.2, 0) is 27.2 Å². The summed E-state index contributed by atoms with van der Waals surface area (Å²) in [5.74, 6) is -2.18. The molecule has 4 aromatic rings. The topological polar surface area (TPSA) is 232 Å². The van der Waals surface area contributed by atoms with Crippen LogP contribution in [0.3, 0.4) is 0 Å². The summed E-state index contributed by atoms with van der Waals surface area (Å²) in [6.45, 7) is 1.23. The highest BCUT2D eigenvalue weighted by Gasteiger charge is 2.43. The third-order valence-corrected chi connectivity index (χ3v) is 7.74. The molecule has 15 nitrogen and oxygen atoms in total. The Balaban J connectivity index is 1.24. The first kappa shape index (κ1) is 31.7. The smallest absolute Gasteiger partial charge is 0.337 e. The number of carbonyl (C=O) groups is 4. The zero-order valence-electron chi connectivity index (χ0n) is 25.3. The molecule has 15 heteroatoms. The number of anilines is 3. The molecule has 46 heavy (non-hydrogen) atoms. The maximum Gasteiger partial charge on any atom is 0.337 e. The molecule has 1 aliphatic heterocycles. The number of rotatable bonds is 11. The fourth-order valence-corrected chi connectivity index (χ4v) is 5.32. The Morgan fingerprint density at radius 2 is 1.67 bits per heavy atom. The molecular weight excluding hydrogens is 594 g/mol. The van der Waals surface area contributed by atoms with E-state index in [2.05, 4.69) is 34.9 Å². The van der Waals surface area contributed by atoms with Gasteiger partial charge in [-0.15, -0.1) is 0 Å². The highest BCUT2D eigenvalue weighted by Crippen LogP contribution is 2.32. The number of carbonyl (C=O) groups excluding carboxylic acids is 4. The molecule has 0 saturated carbocycles. The zero-order chi connectivity index (χ0) is 33.0. The number of nitrogen functional groups attached to an aromatic ring is 2. The van der Waals surface area contributed by atoms with Crippen LogP contribution in [0.25, 0.3) is 11.2 Å². The molecule has 2 aromatic carbocycles. The highest BCUT2D eigenvalue weighted by atomic mass is 16.5. The Hall–Kier alpha value is -5.70. The SMILES string of the molecule is COC(=O)c1ccc(C(=O)NCCC[C@](N)(C(=O)OC)C(=O)c2ccc3c(c2)CCN3Cc2cnc3nc(N)nc(N)c3n2)cc1. The number of nitrogens with zero attached hydrogens (tertiary/aromatic N) is 5. The molecule has 0 spiro atoms. The van der Waals surface area contributed by atoms with Crippen LogP contribution in [0.15, 0.2) is 48.7 Å². The number of Topliss-reactive ketones (excluding diaryl/α,β-unsaturated/α-hetero) is 1. The van der Waals surface area contributed by atoms with E-state index >= 15 is 0 Å². The van der Waals surface area contributed by atoms with Gasteiger partial charge in [0.1, 0.15) is 0 Å². The molecule has 0 radical (unpaired) electrons. The van der Waals surface area contributed by atoms with Gasteiger partial charge in [-0.1, -0.05) is 0 Å². The van der Waals surface area contributed by atoms with Gasteiger partial charge in [0.2, 0.25) is 5.95 Å². The number of hydrogen-bond donors (Lipinski definition) is 4. The van der Waals surface area contributed by atoms with Crippen molar-refractivity contribution in [1.29, 1.82) is 0 Å². The average Bonchev–Trinajstić information content (AvgIpc) is 3.47. The van der Waals surface area contributed by atoms with Gasteiger partial charge in [-0.25, -0.2) is 19.6 Å². The van der Waals surface area contributed by atoms with Crippen molar-refractivity contribution in [2.75, 3.05) is 43.7 Å². The van der Waals surface area contributed by atoms with Gasteiger partial charge >= 0.3 is 11.9 Å². The van der Waals surface area contributed by atoms with Crippen molar-refractivity contribution >= 4 is 52.2 Å². The minimum absolute atomic E-state index is 0.0205. The Morgan fingerprint density at radius 3 is 2.39 bits per heavy atom. The Labute approximate surface area is 263 Å². The third-order valence-electron chi connectivity index (χ3n) is 7.74. The van der Waals surface area contributed by atoms with Crippen molar-refractivity contribution in [3.63, 3.8) is 0 Å². The van der Waals surface area contributed by atoms with Crippen molar-refractivity contribution in [3.8, 4) is 0 Å². The monoisotopic (exact) mass is 627 g/mol. The number of aromatic nitrogens is 4. The van der Waals surface area contributed by atoms with Crippen molar-refractivity contribution in [1.82, 2.24) is 25.3 Å². The van der Waals surface area contributed by atoms with Crippen LogP contribution in [0.5, 0.6) is 0 Å². The molecule has 1 atom stereocenters. The average molecular weight is 628 g/mol. The van der Waals surface area contributed by atoms with Gasteiger partial charge in [-0.05, 0) is 67.3 Å². The van der Waals surface area contributed by atoms with E-state index in [0.717, 1.165) is 11.3 Å². The molecule has 0 fully saturated rings. The number of fused-ring (bicyclic) bond motifs is 2. The number of methoxy groups -OCH3 is 2. The molecule has 7 N–H and O–H groups in total. The molecule has 1 aliphatic rings. The number of benzene rings is 2. The van der Waals surface area contributed by atoms with Crippen molar-refractivity contribution in [2.24, 2.45) is 5.73 Å². The minimum atomic E-state index is -1.96. The first-order valence-corrected chi connectivity index (χ1v) is 14.3. The standard InChI is InChI=1S/C31H33N9O6/c1-45-28(43)18-6-4-17(5-7-18)27(42)35-12-3-11-31(34,29(44)46-2)24(41)20-8-9-22-19(14-20)10-13-40(22)16-21-15-36-26-23(37-21)25(32)38-30(33)39-26/h4-9,14-15H,3,10-13,16,34H2,1-2H3,(H,35,42)(H4,32,33,36,38,39)/t31-/m1/s1. The van der Waals surface area contributed by atoms with Crippen molar-refractivity contribution in [3.05, 3.63) is 76.6 Å². The van der Waals surface area contributed by atoms with E-state index in [9.17, 15) is 19.2 Å². The molecule has 238 valence electrons. The van der Waals surface area contributed by atoms with Crippen molar-refractivity contribution in [2.45, 2.75) is 31.3 Å². The lowest BCUT2D eigenvalue weighted by Crippen LogP contribution is -2.55. The largest absolute Gasteiger partial charge is 0.467 e. The normalized spacial score (nSPS) is 13.5. The Morgan fingerprint density at radius 1 is 0.957 bits per heavy atom. The van der Waals surface area contributed by atoms with Crippen LogP contribution in [0.2, 0.25) is 0 Å². The van der Waals surface area contributed by atoms with Crippen LogP contribution in [0.4, 0.5) is 17.5 Å². The second-order valence-corrected chi connectivity index (χ2v) is 10.7. The second kappa shape index (κ2) is 13.1. The Bertz CT molecular complexity index is 1830. The molecule has 2 aromatic heterocycles. The first-order chi connectivity index (χ1) is 22.0. The lowest BCUT2D eigenvalue weighted by molar-refractivity contribution is -0.145. The summed E-state index contributed by atoms with van der Waals surface area (Å²) in [6.07, 6.45) is 2.41. The van der Waals surface area contributed by atoms with Gasteiger partial charge in [0, 0.05) is 29.9 Å². The second-order valence-electron chi connectivity index (χ2n) is 10.7. The number of ether oxygens (including phenoxy) is 2. The molecule has 0 bridgehead atoms. The molecule has 0 aliphatic carbocycles. The van der Waals surface area contributed by atoms with Crippen LogP contribution < -0.4 is 27.4 Å². The predicted molar refractivity (Wildman–Crippen MR) is 168 cm³/mol. The van der Waals surface area contributed by atoms with Gasteiger partial charge in [0.15, 0.2) is 28.3 Å². The van der Waals surface area contributed by atoms with E-state index in [1.54, 1.807) is 18.3 Å². The van der Waals surface area contributed by atoms with Crippen LogP contribution in [0, 0.1) is 0 Å². The Kier molecular flexibility index (Phi) is 9.04. The summed E-state index contributed by atoms with van der Waals surface area (Å²) < 4.78 is 9.57. The fourth-order valence-electron chi connectivity index (χ4n) is 5.32. The number of amides is 1. The summed E-state index contributed by atoms with van der Waals surface area (Å²) in [5, 5.41) is 2.74. The molecular formula is C31H33N9O6. The van der Waals surface area contributed by atoms with E-state index in [-0.39, 0.29) is 42.6 Å². The molecule has 5 rings (SSSR count). The number of nitrogens with one attached hydrogen (secondary N) is 1. The van der Waals surface area contributed by atoms with E-state index < -0.39 is 23.3 Å². The van der Waals surface area contributed by atoms with Gasteiger partial charge < -0.3 is 36.9 Å². The van der Waals surface area contributed by atoms with Crippen LogP contribution in [0.1, 0.15) is 55.2 Å². The van der Waals surface area contributed by atoms with Crippen molar-refractivity contribution < 1.29 is 28.7 Å². The number of ketones is 1. The number of nitrogens with two attached hydrogens (primary N) is 3. The van der Waals surface area contributed by atoms with E-state index in [1.807, 2.05) is 6.07 Å². The zero-order valence-corrected chi connectivity index (χ0v) is 25.3. The maximum atomic E-state index is 13.7. The van der Waals surface area contributed by atoms with Crippen LogP contribution in [-0.4, -0.2) is 76.4 Å². The summed E-state index contributed by atoms with van der Waals surface area (Å²) >= 11 is 0. The quantitative estimate of drug-likeness (QED) is 0.0792. The third kappa shape index (κ3) is 6.39.